The first-order valence-corrected chi connectivity index (χ1v) is 11.6. The Bertz CT molecular complexity index is 1820. The molecule has 0 amide bonds. The molecule has 156 valence electrons. The van der Waals surface area contributed by atoms with Crippen molar-refractivity contribution in [2.45, 2.75) is 26.0 Å². The van der Waals surface area contributed by atoms with Crippen molar-refractivity contribution in [2.24, 2.45) is 0 Å². The van der Waals surface area contributed by atoms with E-state index in [2.05, 4.69) is 103 Å². The zero-order valence-electron chi connectivity index (χ0n) is 18.6. The summed E-state index contributed by atoms with van der Waals surface area (Å²) in [6.45, 7) is 5.32. The quantitative estimate of drug-likeness (QED) is 0.142. The Morgan fingerprint density at radius 3 is 2.27 bits per heavy atom. The van der Waals surface area contributed by atoms with Gasteiger partial charge in [0.05, 0.1) is 10.9 Å². The number of nitrogens with zero attached hydrogens (tertiary/aromatic N) is 1. The lowest BCUT2D eigenvalue weighted by Gasteiger charge is -2.23. The molecular formula is C31H22NO+. The Labute approximate surface area is 191 Å². The molecule has 1 aliphatic heterocycles. The molecule has 5 aromatic carbocycles. The third-order valence-electron chi connectivity index (χ3n) is 7.87. The van der Waals surface area contributed by atoms with E-state index in [0.717, 1.165) is 5.75 Å². The summed E-state index contributed by atoms with van der Waals surface area (Å²) in [5, 5.41) is 10.4. The highest BCUT2D eigenvalue weighted by Gasteiger charge is 2.48. The molecule has 1 aromatic heterocycles. The van der Waals surface area contributed by atoms with Gasteiger partial charge in [-0.2, -0.15) is 4.57 Å². The molecule has 33 heavy (non-hydrogen) atoms. The number of hydrogen-bond donors (Lipinski definition) is 0. The molecule has 0 bridgehead atoms. The summed E-state index contributed by atoms with van der Waals surface area (Å²) in [6, 6.07) is 28.9. The van der Waals surface area contributed by atoms with Crippen molar-refractivity contribution in [1.82, 2.24) is 0 Å². The normalized spacial score (nSPS) is 15.3. The lowest BCUT2D eigenvalue weighted by atomic mass is 9.78. The monoisotopic (exact) mass is 424 g/mol. The Balaban J connectivity index is 1.58. The van der Waals surface area contributed by atoms with E-state index >= 15 is 0 Å². The highest BCUT2D eigenvalue weighted by atomic mass is 16.5. The molecule has 0 fully saturated rings. The summed E-state index contributed by atoms with van der Waals surface area (Å²) in [7, 11) is 0. The van der Waals surface area contributed by atoms with Gasteiger partial charge in [0.15, 0.2) is 6.20 Å². The van der Waals surface area contributed by atoms with E-state index in [9.17, 15) is 0 Å². The number of rotatable bonds is 0. The number of benzene rings is 5. The second-order valence-electron chi connectivity index (χ2n) is 10.0. The Morgan fingerprint density at radius 1 is 0.667 bits per heavy atom. The van der Waals surface area contributed by atoms with E-state index in [1.807, 2.05) is 0 Å². The fourth-order valence-corrected chi connectivity index (χ4v) is 6.47. The molecule has 0 unspecified atom stereocenters. The van der Waals surface area contributed by atoms with Crippen LogP contribution in [-0.4, -0.2) is 0 Å². The van der Waals surface area contributed by atoms with Gasteiger partial charge in [-0.15, -0.1) is 0 Å². The molecule has 2 aliphatic rings. The smallest absolute Gasteiger partial charge is 0.292 e. The van der Waals surface area contributed by atoms with E-state index in [4.69, 9.17) is 4.74 Å². The minimum absolute atomic E-state index is 0.140. The van der Waals surface area contributed by atoms with Crippen LogP contribution in [-0.2, 0) is 12.1 Å². The standard InChI is InChI=1S/C31H22NO/c1-31(2)28-24-14-20-9-4-3-8-19(20)13-21(24)15-26-27(28)30-29(31)23-12-11-18-7-5-6-10-22(18)25(23)16-32(30)17-33-26/h3-16H,17H2,1-2H3/q+1. The maximum absolute atomic E-state index is 6.40. The molecule has 0 N–H and O–H groups in total. The second-order valence-corrected chi connectivity index (χ2v) is 10.0. The molecule has 1 aliphatic carbocycles. The summed E-state index contributed by atoms with van der Waals surface area (Å²) < 4.78 is 8.73. The zero-order valence-corrected chi connectivity index (χ0v) is 18.6. The van der Waals surface area contributed by atoms with E-state index in [1.54, 1.807) is 0 Å². The van der Waals surface area contributed by atoms with Gasteiger partial charge >= 0.3 is 0 Å². The largest absolute Gasteiger partial charge is 0.435 e. The fraction of sp³-hybridized carbons (Fsp3) is 0.129. The van der Waals surface area contributed by atoms with E-state index in [1.165, 1.54) is 65.5 Å². The van der Waals surface area contributed by atoms with Gasteiger partial charge in [0.25, 0.3) is 6.73 Å². The average Bonchev–Trinajstić information content (AvgIpc) is 3.09. The SMILES string of the molecule is CC1(C)c2c3c(cc4cc5ccccc5cc24)OC[n+]2cc4c(ccc5ccccc54)c1c2-3. The Morgan fingerprint density at radius 2 is 1.42 bits per heavy atom. The summed E-state index contributed by atoms with van der Waals surface area (Å²) in [5.41, 5.74) is 5.28. The van der Waals surface area contributed by atoms with Crippen LogP contribution in [0.2, 0.25) is 0 Å². The molecular weight excluding hydrogens is 402 g/mol. The van der Waals surface area contributed by atoms with Gasteiger partial charge in [0.1, 0.15) is 5.75 Å². The van der Waals surface area contributed by atoms with Crippen molar-refractivity contribution in [3.05, 3.63) is 96.2 Å². The van der Waals surface area contributed by atoms with Crippen molar-refractivity contribution in [3.8, 4) is 17.0 Å². The number of aromatic nitrogens is 1. The fourth-order valence-electron chi connectivity index (χ4n) is 6.47. The van der Waals surface area contributed by atoms with E-state index in [0.29, 0.717) is 6.73 Å². The van der Waals surface area contributed by atoms with Crippen molar-refractivity contribution in [1.29, 1.82) is 0 Å². The van der Waals surface area contributed by atoms with Crippen LogP contribution in [0.5, 0.6) is 5.75 Å². The van der Waals surface area contributed by atoms with Crippen molar-refractivity contribution < 1.29 is 9.30 Å². The number of hydrogen-bond acceptors (Lipinski definition) is 1. The predicted octanol–water partition coefficient (Wildman–Crippen LogP) is 7.24. The summed E-state index contributed by atoms with van der Waals surface area (Å²) in [5.74, 6) is 1.01. The Kier molecular flexibility index (Phi) is 3.05. The first kappa shape index (κ1) is 17.6. The lowest BCUT2D eigenvalue weighted by Crippen LogP contribution is -2.42. The zero-order chi connectivity index (χ0) is 21.9. The molecule has 0 spiro atoms. The van der Waals surface area contributed by atoms with Crippen LogP contribution in [0.1, 0.15) is 25.0 Å². The molecule has 2 nitrogen and oxygen atoms in total. The van der Waals surface area contributed by atoms with Gasteiger partial charge in [-0.05, 0) is 61.5 Å². The third kappa shape index (κ3) is 2.07. The topological polar surface area (TPSA) is 13.1 Å². The van der Waals surface area contributed by atoms with Gasteiger partial charge in [-0.1, -0.05) is 74.5 Å². The van der Waals surface area contributed by atoms with Crippen LogP contribution >= 0.6 is 0 Å². The lowest BCUT2D eigenvalue weighted by molar-refractivity contribution is -0.716. The minimum Gasteiger partial charge on any atom is -0.435 e. The van der Waals surface area contributed by atoms with Crippen LogP contribution < -0.4 is 9.30 Å². The van der Waals surface area contributed by atoms with Gasteiger partial charge in [0, 0.05) is 11.0 Å². The van der Waals surface area contributed by atoms with Crippen LogP contribution in [0.3, 0.4) is 0 Å². The van der Waals surface area contributed by atoms with Crippen molar-refractivity contribution in [3.63, 3.8) is 0 Å². The summed E-state index contributed by atoms with van der Waals surface area (Å²) in [6.07, 6.45) is 2.30. The van der Waals surface area contributed by atoms with Crippen molar-refractivity contribution in [2.75, 3.05) is 0 Å². The second kappa shape index (κ2) is 5.71. The molecule has 6 aromatic rings. The number of ether oxygens (including phenoxy) is 1. The van der Waals surface area contributed by atoms with Gasteiger partial charge < -0.3 is 4.74 Å². The molecule has 2 heteroatoms. The highest BCUT2D eigenvalue weighted by molar-refractivity contribution is 6.12. The molecule has 0 saturated heterocycles. The third-order valence-corrected chi connectivity index (χ3v) is 7.87. The minimum atomic E-state index is -0.140. The predicted molar refractivity (Wildman–Crippen MR) is 135 cm³/mol. The molecule has 2 heterocycles. The van der Waals surface area contributed by atoms with Crippen LogP contribution in [0.15, 0.2) is 85.1 Å². The number of fused-ring (bicyclic) bond motifs is 7. The summed E-state index contributed by atoms with van der Waals surface area (Å²) in [4.78, 5) is 0. The molecule has 0 radical (unpaired) electrons. The molecule has 0 saturated carbocycles. The van der Waals surface area contributed by atoms with Crippen LogP contribution in [0.25, 0.3) is 54.3 Å². The van der Waals surface area contributed by atoms with Gasteiger partial charge in [-0.3, -0.25) is 0 Å². The van der Waals surface area contributed by atoms with E-state index in [-0.39, 0.29) is 5.41 Å². The maximum Gasteiger partial charge on any atom is 0.292 e. The first-order valence-electron chi connectivity index (χ1n) is 11.6. The first-order chi connectivity index (χ1) is 16.1. The molecule has 0 atom stereocenters. The Hall–Kier alpha value is -3.91. The van der Waals surface area contributed by atoms with Crippen molar-refractivity contribution >= 4 is 43.1 Å². The van der Waals surface area contributed by atoms with Gasteiger partial charge in [-0.25, -0.2) is 0 Å². The highest BCUT2D eigenvalue weighted by Crippen LogP contribution is 2.57. The molecule has 8 rings (SSSR count). The summed E-state index contributed by atoms with van der Waals surface area (Å²) >= 11 is 0. The van der Waals surface area contributed by atoms with Crippen LogP contribution in [0, 0.1) is 0 Å². The average molecular weight is 425 g/mol. The van der Waals surface area contributed by atoms with Crippen LogP contribution in [0.4, 0.5) is 0 Å². The van der Waals surface area contributed by atoms with Gasteiger partial charge in [0.2, 0.25) is 5.69 Å². The number of pyridine rings is 1. The van der Waals surface area contributed by atoms with E-state index < -0.39 is 0 Å². The maximum atomic E-state index is 6.40.